The minimum atomic E-state index is 0.0840. The van der Waals surface area contributed by atoms with Gasteiger partial charge in [-0.25, -0.2) is 0 Å². The van der Waals surface area contributed by atoms with Crippen LogP contribution in [0.3, 0.4) is 0 Å². The third-order valence-electron chi connectivity index (χ3n) is 10.8. The maximum absolute atomic E-state index is 2.65. The molecular formula is C42H24BN3. The molecule has 5 heterocycles. The van der Waals surface area contributed by atoms with Crippen LogP contribution in [0.5, 0.6) is 0 Å². The third kappa shape index (κ3) is 2.58. The predicted octanol–water partition coefficient (Wildman–Crippen LogP) is 8.94. The van der Waals surface area contributed by atoms with E-state index in [0.29, 0.717) is 0 Å². The minimum Gasteiger partial charge on any atom is -0.375 e. The summed E-state index contributed by atoms with van der Waals surface area (Å²) in [6.07, 6.45) is 0. The van der Waals surface area contributed by atoms with Crippen LogP contribution < -0.4 is 10.9 Å². The van der Waals surface area contributed by atoms with Gasteiger partial charge < -0.3 is 13.6 Å². The number of rotatable bonds is 1. The van der Waals surface area contributed by atoms with Gasteiger partial charge >= 0.3 is 6.85 Å². The zero-order valence-corrected chi connectivity index (χ0v) is 24.8. The Kier molecular flexibility index (Phi) is 4.06. The molecule has 46 heavy (non-hydrogen) atoms. The molecule has 0 fully saturated rings. The van der Waals surface area contributed by atoms with Gasteiger partial charge in [0.05, 0.1) is 22.1 Å². The summed E-state index contributed by atoms with van der Waals surface area (Å²) < 4.78 is 7.60. The van der Waals surface area contributed by atoms with Gasteiger partial charge in [0.25, 0.3) is 0 Å². The Morgan fingerprint density at radius 1 is 0.391 bits per heavy atom. The van der Waals surface area contributed by atoms with Crippen LogP contribution in [0.1, 0.15) is 0 Å². The maximum Gasteiger partial charge on any atom is 0.333 e. The molecule has 0 unspecified atom stereocenters. The molecule has 2 aliphatic rings. The largest absolute Gasteiger partial charge is 0.375 e. The third-order valence-corrected chi connectivity index (χ3v) is 10.8. The SMILES string of the molecule is c1cc2c3c(c1)-n1c4ccccc4c4cccc(c41)B3n1c3ccc(-n4c5ccccc5c5ccccc54)cc3c3cccc-2c31. The molecule has 12 rings (SSSR count). The van der Waals surface area contributed by atoms with E-state index in [9.17, 15) is 0 Å². The van der Waals surface area contributed by atoms with Crippen LogP contribution in [0.25, 0.3) is 87.9 Å². The Morgan fingerprint density at radius 2 is 0.978 bits per heavy atom. The second-order valence-corrected chi connectivity index (χ2v) is 12.9. The van der Waals surface area contributed by atoms with Gasteiger partial charge in [-0.05, 0) is 59.0 Å². The molecule has 0 aliphatic carbocycles. The second-order valence-electron chi connectivity index (χ2n) is 12.9. The number of nitrogens with zero attached hydrogens (tertiary/aromatic N) is 3. The minimum absolute atomic E-state index is 0.0840. The fraction of sp³-hybridized carbons (Fsp3) is 0. The molecule has 0 radical (unpaired) electrons. The van der Waals surface area contributed by atoms with Gasteiger partial charge in [-0.2, -0.15) is 0 Å². The summed E-state index contributed by atoms with van der Waals surface area (Å²) in [5.74, 6) is 0. The van der Waals surface area contributed by atoms with Gasteiger partial charge in [-0.3, -0.25) is 0 Å². The normalized spacial score (nSPS) is 13.2. The molecule has 0 bridgehead atoms. The van der Waals surface area contributed by atoms with Crippen molar-refractivity contribution in [2.75, 3.05) is 0 Å². The molecule has 0 spiro atoms. The van der Waals surface area contributed by atoms with E-state index in [1.54, 1.807) is 0 Å². The van der Waals surface area contributed by atoms with Crippen LogP contribution >= 0.6 is 0 Å². The van der Waals surface area contributed by atoms with E-state index in [1.807, 2.05) is 0 Å². The van der Waals surface area contributed by atoms with Crippen molar-refractivity contribution in [3.05, 3.63) is 146 Å². The highest BCUT2D eigenvalue weighted by molar-refractivity contribution is 6.90. The number of para-hydroxylation sites is 5. The highest BCUT2D eigenvalue weighted by Gasteiger charge is 2.41. The van der Waals surface area contributed by atoms with Crippen molar-refractivity contribution in [2.45, 2.75) is 0 Å². The van der Waals surface area contributed by atoms with Crippen molar-refractivity contribution in [1.82, 2.24) is 13.6 Å². The number of hydrogen-bond acceptors (Lipinski definition) is 0. The molecule has 210 valence electrons. The fourth-order valence-corrected chi connectivity index (χ4v) is 9.13. The molecule has 3 nitrogen and oxygen atoms in total. The second kappa shape index (κ2) is 7.98. The summed E-state index contributed by atoms with van der Waals surface area (Å²) >= 11 is 0. The summed E-state index contributed by atoms with van der Waals surface area (Å²) in [7, 11) is 0. The molecule has 0 saturated carbocycles. The first-order chi connectivity index (χ1) is 22.9. The van der Waals surface area contributed by atoms with Crippen molar-refractivity contribution < 1.29 is 0 Å². The van der Waals surface area contributed by atoms with Crippen LogP contribution in [-0.2, 0) is 0 Å². The van der Waals surface area contributed by atoms with Crippen LogP contribution in [0.15, 0.2) is 146 Å². The van der Waals surface area contributed by atoms with E-state index in [-0.39, 0.29) is 6.85 Å². The van der Waals surface area contributed by atoms with E-state index in [4.69, 9.17) is 0 Å². The maximum atomic E-state index is 2.65. The molecule has 3 aromatic heterocycles. The van der Waals surface area contributed by atoms with E-state index >= 15 is 0 Å². The topological polar surface area (TPSA) is 14.8 Å². The average Bonchev–Trinajstić information content (AvgIpc) is 3.75. The lowest BCUT2D eigenvalue weighted by molar-refractivity contribution is 1.17. The molecule has 0 N–H and O–H groups in total. The lowest BCUT2D eigenvalue weighted by Gasteiger charge is -2.33. The molecule has 7 aromatic carbocycles. The van der Waals surface area contributed by atoms with Gasteiger partial charge in [-0.15, -0.1) is 0 Å². The zero-order valence-electron chi connectivity index (χ0n) is 24.8. The summed E-state index contributed by atoms with van der Waals surface area (Å²) in [5, 5.41) is 7.81. The van der Waals surface area contributed by atoms with Gasteiger partial charge in [0.15, 0.2) is 0 Å². The molecule has 0 saturated heterocycles. The zero-order chi connectivity index (χ0) is 29.7. The van der Waals surface area contributed by atoms with Crippen molar-refractivity contribution >= 4 is 83.2 Å². The first-order valence-electron chi connectivity index (χ1n) is 16.1. The number of benzene rings is 7. The smallest absolute Gasteiger partial charge is 0.333 e. The monoisotopic (exact) mass is 581 g/mol. The van der Waals surface area contributed by atoms with Gasteiger partial charge in [-0.1, -0.05) is 103 Å². The van der Waals surface area contributed by atoms with Crippen molar-refractivity contribution in [3.63, 3.8) is 0 Å². The summed E-state index contributed by atoms with van der Waals surface area (Å²) in [5.41, 5.74) is 15.6. The highest BCUT2D eigenvalue weighted by atomic mass is 15.0. The van der Waals surface area contributed by atoms with Crippen LogP contribution in [0.2, 0.25) is 0 Å². The lowest BCUT2D eigenvalue weighted by atomic mass is 9.45. The van der Waals surface area contributed by atoms with Crippen LogP contribution in [-0.4, -0.2) is 20.5 Å². The summed E-state index contributed by atoms with van der Waals surface area (Å²) in [4.78, 5) is 0. The Labute approximate surface area is 264 Å². The first-order valence-corrected chi connectivity index (χ1v) is 16.1. The van der Waals surface area contributed by atoms with E-state index in [2.05, 4.69) is 159 Å². The van der Waals surface area contributed by atoms with Gasteiger partial charge in [0, 0.05) is 60.3 Å². The van der Waals surface area contributed by atoms with Gasteiger partial charge in [0.1, 0.15) is 0 Å². The number of aromatic nitrogens is 3. The van der Waals surface area contributed by atoms with Crippen molar-refractivity contribution in [1.29, 1.82) is 0 Å². The van der Waals surface area contributed by atoms with Gasteiger partial charge in [0.2, 0.25) is 0 Å². The Morgan fingerprint density at radius 3 is 1.74 bits per heavy atom. The Hall–Kier alpha value is -6.00. The lowest BCUT2D eigenvalue weighted by Crippen LogP contribution is -2.55. The molecular weight excluding hydrogens is 557 g/mol. The number of fused-ring (bicyclic) bond motifs is 13. The summed E-state index contributed by atoms with van der Waals surface area (Å²) in [6, 6.07) is 54.3. The van der Waals surface area contributed by atoms with E-state index < -0.39 is 0 Å². The highest BCUT2D eigenvalue weighted by Crippen LogP contribution is 2.43. The van der Waals surface area contributed by atoms with Crippen LogP contribution in [0, 0.1) is 0 Å². The van der Waals surface area contributed by atoms with Crippen molar-refractivity contribution in [3.8, 4) is 22.5 Å². The molecule has 0 amide bonds. The number of hydrogen-bond donors (Lipinski definition) is 0. The molecule has 0 atom stereocenters. The summed E-state index contributed by atoms with van der Waals surface area (Å²) in [6.45, 7) is 0.0840. The van der Waals surface area contributed by atoms with Crippen molar-refractivity contribution in [2.24, 2.45) is 0 Å². The van der Waals surface area contributed by atoms with Crippen LogP contribution in [0.4, 0.5) is 0 Å². The first kappa shape index (κ1) is 23.4. The molecule has 10 aromatic rings. The molecule has 2 aliphatic heterocycles. The average molecular weight is 581 g/mol. The van der Waals surface area contributed by atoms with E-state index in [1.165, 1.54) is 98.8 Å². The fourth-order valence-electron chi connectivity index (χ4n) is 9.13. The molecule has 4 heteroatoms. The predicted molar refractivity (Wildman–Crippen MR) is 194 cm³/mol. The standard InChI is InChI=1S/C42H24BN3/c1-4-18-35-26(10-1)27-11-2-5-19-36(27)44(35)25-22-23-38-33(24-25)32-15-7-14-31-29-13-9-21-39-40(29)43(46(38)41(31)32)34-17-8-16-30-28-12-3-6-20-37(28)45(39)42(30)34/h1-24H. The Balaban J connectivity index is 1.23. The quantitative estimate of drug-likeness (QED) is 0.172. The Bertz CT molecular complexity index is 2940. The van der Waals surface area contributed by atoms with E-state index in [0.717, 1.165) is 0 Å².